The van der Waals surface area contributed by atoms with E-state index in [1.165, 1.54) is 0 Å². The van der Waals surface area contributed by atoms with Crippen molar-refractivity contribution in [3.8, 4) is 0 Å². The van der Waals surface area contributed by atoms with Gasteiger partial charge in [0.1, 0.15) is 0 Å². The zero-order chi connectivity index (χ0) is 10.4. The molecule has 7 N–H and O–H groups in total. The smallest absolute Gasteiger partial charge is 0.180 e. The van der Waals surface area contributed by atoms with Crippen LogP contribution >= 0.6 is 34.8 Å². The molecule has 0 spiro atoms. The summed E-state index contributed by atoms with van der Waals surface area (Å²) in [6.45, 7) is 4.33. The lowest BCUT2D eigenvalue weighted by Crippen LogP contribution is -1.75. The van der Waals surface area contributed by atoms with Crippen LogP contribution in [-0.2, 0) is 0 Å². The van der Waals surface area contributed by atoms with Gasteiger partial charge >= 0.3 is 0 Å². The third kappa shape index (κ3) is 237. The van der Waals surface area contributed by atoms with Gasteiger partial charge in [-0.1, -0.05) is 48.1 Å². The molecular formula is C7H22Cl3NO3. The highest BCUT2D eigenvalue weighted by Gasteiger charge is 1.78. The summed E-state index contributed by atoms with van der Waals surface area (Å²) in [5, 5.41) is 15.6. The Labute approximate surface area is 101 Å². The maximum absolute atomic E-state index is 8.07. The van der Waals surface area contributed by atoms with Gasteiger partial charge in [-0.3, -0.25) is 0 Å². The minimum absolute atomic E-state index is 0. The van der Waals surface area contributed by atoms with Crippen molar-refractivity contribution >= 4 is 34.8 Å². The molecule has 0 saturated carbocycles. The van der Waals surface area contributed by atoms with Crippen molar-refractivity contribution in [2.45, 2.75) is 31.0 Å². The summed E-state index contributed by atoms with van der Waals surface area (Å²) < 4.78 is -0.750. The number of alkyl halides is 3. The molecule has 0 aromatic rings. The number of halogens is 3. The first-order valence-corrected chi connectivity index (χ1v) is 5.01. The maximum Gasteiger partial charge on any atom is 0.180 e. The van der Waals surface area contributed by atoms with E-state index in [0.717, 1.165) is 12.8 Å². The molecule has 0 unspecified atom stereocenters. The van der Waals surface area contributed by atoms with E-state index in [1.807, 2.05) is 0 Å². The first kappa shape index (κ1) is 29.3. The molecule has 0 saturated heterocycles. The van der Waals surface area contributed by atoms with Gasteiger partial charge in [-0.05, 0) is 13.3 Å². The molecule has 0 heterocycles. The molecule has 7 heteroatoms. The minimum Gasteiger partial charge on any atom is -0.412 e. The largest absolute Gasteiger partial charge is 0.412 e. The average Bonchev–Trinajstić information content (AvgIpc) is 1.89. The Balaban J connectivity index is -0.0000000278. The second-order valence-electron chi connectivity index (χ2n) is 1.64. The molecule has 0 amide bonds. The predicted molar refractivity (Wildman–Crippen MR) is 64.7 cm³/mol. The van der Waals surface area contributed by atoms with Crippen LogP contribution in [0.1, 0.15) is 26.7 Å². The van der Waals surface area contributed by atoms with Crippen LogP contribution in [0.25, 0.3) is 0 Å². The van der Waals surface area contributed by atoms with Crippen LogP contribution < -0.4 is 6.15 Å². The summed E-state index contributed by atoms with van der Waals surface area (Å²) in [6.07, 6.45) is 2.04. The Morgan fingerprint density at radius 2 is 1.29 bits per heavy atom. The van der Waals surface area contributed by atoms with Crippen LogP contribution in [-0.4, -0.2) is 33.2 Å². The summed E-state index contributed by atoms with van der Waals surface area (Å²) in [5.74, 6) is 0. The fraction of sp³-hybridized carbons (Fsp3) is 1.00. The molecule has 0 atom stereocenters. The topological polar surface area (TPSA) is 107 Å². The zero-order valence-corrected chi connectivity index (χ0v) is 10.9. The molecule has 0 aliphatic rings. The Kier molecular flexibility index (Phi) is 78.0. The predicted octanol–water partition coefficient (Wildman–Crippen LogP) is 2.10. The molecule has 0 radical (unpaired) electrons. The van der Waals surface area contributed by atoms with Crippen LogP contribution in [0.5, 0.6) is 0 Å². The Morgan fingerprint density at radius 1 is 1.07 bits per heavy atom. The van der Waals surface area contributed by atoms with Crippen LogP contribution in [0.4, 0.5) is 0 Å². The van der Waals surface area contributed by atoms with E-state index in [1.54, 1.807) is 6.92 Å². The van der Waals surface area contributed by atoms with E-state index in [4.69, 9.17) is 45.0 Å². The standard InChI is InChI=1S/C4H10O.C2H6O.CHCl3.H3N.H2O/c1-2-3-4-5;1-2-3;2-1(3)4;;/h5H,2-4H2,1H3;3H,2H2,1H3;1H;1H3;1H2. The monoisotopic (exact) mass is 273 g/mol. The molecule has 0 fully saturated rings. The molecular weight excluding hydrogens is 252 g/mol. The second-order valence-corrected chi connectivity index (χ2v) is 3.62. The SMILES string of the molecule is CCCCO.CCO.ClC(Cl)Cl.N.O. The van der Waals surface area contributed by atoms with E-state index in [9.17, 15) is 0 Å². The van der Waals surface area contributed by atoms with Crippen molar-refractivity contribution in [2.75, 3.05) is 13.2 Å². The molecule has 94 valence electrons. The van der Waals surface area contributed by atoms with Gasteiger partial charge < -0.3 is 21.8 Å². The molecule has 0 aromatic heterocycles. The normalized spacial score (nSPS) is 6.86. The van der Waals surface area contributed by atoms with Gasteiger partial charge in [0.15, 0.2) is 4.30 Å². The summed E-state index contributed by atoms with van der Waals surface area (Å²) in [5.41, 5.74) is 0. The van der Waals surface area contributed by atoms with Crippen molar-refractivity contribution in [1.29, 1.82) is 0 Å². The van der Waals surface area contributed by atoms with Gasteiger partial charge in [-0.15, -0.1) is 0 Å². The van der Waals surface area contributed by atoms with Crippen molar-refractivity contribution in [3.05, 3.63) is 0 Å². The zero-order valence-electron chi connectivity index (χ0n) is 8.64. The third-order valence-electron chi connectivity index (χ3n) is 0.512. The van der Waals surface area contributed by atoms with Crippen molar-refractivity contribution in [1.82, 2.24) is 6.15 Å². The average molecular weight is 275 g/mol. The van der Waals surface area contributed by atoms with Gasteiger partial charge in [0.2, 0.25) is 0 Å². The third-order valence-corrected chi connectivity index (χ3v) is 0.512. The first-order valence-electron chi connectivity index (χ1n) is 3.70. The van der Waals surface area contributed by atoms with Gasteiger partial charge in [0.25, 0.3) is 0 Å². The van der Waals surface area contributed by atoms with Crippen LogP contribution in [0.15, 0.2) is 0 Å². The number of hydrogen-bond acceptors (Lipinski definition) is 3. The van der Waals surface area contributed by atoms with Gasteiger partial charge in [-0.25, -0.2) is 0 Å². The van der Waals surface area contributed by atoms with Crippen molar-refractivity contribution in [2.24, 2.45) is 0 Å². The highest BCUT2D eigenvalue weighted by atomic mass is 35.6. The van der Waals surface area contributed by atoms with Crippen molar-refractivity contribution in [3.63, 3.8) is 0 Å². The Hall–Kier alpha value is 0.710. The minimum atomic E-state index is -0.750. The molecule has 14 heavy (non-hydrogen) atoms. The lowest BCUT2D eigenvalue weighted by atomic mass is 10.4. The lowest BCUT2D eigenvalue weighted by molar-refractivity contribution is 0.287. The second kappa shape index (κ2) is 37.3. The molecule has 0 aliphatic heterocycles. The van der Waals surface area contributed by atoms with Gasteiger partial charge in [0.05, 0.1) is 0 Å². The highest BCUT2D eigenvalue weighted by molar-refractivity contribution is 6.63. The van der Waals surface area contributed by atoms with Crippen molar-refractivity contribution < 1.29 is 15.7 Å². The number of hydrogen-bond donors (Lipinski definition) is 3. The lowest BCUT2D eigenvalue weighted by Gasteiger charge is -1.79. The van der Waals surface area contributed by atoms with E-state index in [-0.39, 0.29) is 18.2 Å². The fourth-order valence-corrected chi connectivity index (χ4v) is 0.158. The molecule has 0 bridgehead atoms. The molecule has 0 rings (SSSR count). The quantitative estimate of drug-likeness (QED) is 0.671. The number of aliphatic hydroxyl groups excluding tert-OH is 2. The summed E-state index contributed by atoms with van der Waals surface area (Å²) >= 11 is 14.4. The van der Waals surface area contributed by atoms with Crippen LogP contribution in [0.2, 0.25) is 0 Å². The number of rotatable bonds is 2. The van der Waals surface area contributed by atoms with E-state index in [2.05, 4.69) is 6.92 Å². The highest BCUT2D eigenvalue weighted by Crippen LogP contribution is 2.03. The maximum atomic E-state index is 8.07. The van der Waals surface area contributed by atoms with Gasteiger partial charge in [-0.2, -0.15) is 0 Å². The fourth-order valence-electron chi connectivity index (χ4n) is 0.158. The van der Waals surface area contributed by atoms with E-state index >= 15 is 0 Å². The van der Waals surface area contributed by atoms with E-state index in [0.29, 0.717) is 6.61 Å². The Morgan fingerprint density at radius 3 is 1.29 bits per heavy atom. The number of aliphatic hydroxyl groups is 2. The van der Waals surface area contributed by atoms with Gasteiger partial charge in [0, 0.05) is 13.2 Å². The van der Waals surface area contributed by atoms with E-state index < -0.39 is 4.30 Å². The van der Waals surface area contributed by atoms with Crippen LogP contribution in [0.3, 0.4) is 0 Å². The summed E-state index contributed by atoms with van der Waals surface area (Å²) in [4.78, 5) is 0. The molecule has 4 nitrogen and oxygen atoms in total. The first-order chi connectivity index (χ1) is 5.56. The summed E-state index contributed by atoms with van der Waals surface area (Å²) in [7, 11) is 0. The Bertz CT molecular complexity index is 56.7. The molecule has 0 aliphatic carbocycles. The number of unbranched alkanes of at least 4 members (excludes halogenated alkanes) is 1. The molecule has 0 aromatic carbocycles. The summed E-state index contributed by atoms with van der Waals surface area (Å²) in [6, 6.07) is 0. The van der Waals surface area contributed by atoms with Crippen LogP contribution in [0, 0.1) is 0 Å².